The van der Waals surface area contributed by atoms with E-state index in [1.54, 1.807) is 6.07 Å². The first-order valence-corrected chi connectivity index (χ1v) is 7.65. The molecule has 0 radical (unpaired) electrons. The molecule has 3 rings (SSSR count). The van der Waals surface area contributed by atoms with Crippen LogP contribution in [0.2, 0.25) is 0 Å². The Kier molecular flexibility index (Phi) is 4.44. The normalized spacial score (nSPS) is 10.6. The molecule has 0 spiro atoms. The van der Waals surface area contributed by atoms with Crippen LogP contribution in [0.4, 0.5) is 0 Å². The first-order valence-electron chi connectivity index (χ1n) is 6.85. The second-order valence-electron chi connectivity index (χ2n) is 4.71. The molecule has 0 amide bonds. The summed E-state index contributed by atoms with van der Waals surface area (Å²) in [6.45, 7) is 0.503. The maximum absolute atomic E-state index is 12.0. The molecule has 112 valence electrons. The Bertz CT molecular complexity index is 764. The van der Waals surface area contributed by atoms with E-state index >= 15 is 0 Å². The number of carbonyl (C=O) groups excluding carboxylic acids is 1. The van der Waals surface area contributed by atoms with E-state index in [0.29, 0.717) is 12.3 Å². The average Bonchev–Trinajstić information content (AvgIpc) is 2.95. The minimum absolute atomic E-state index is 0.195. The van der Waals surface area contributed by atoms with Gasteiger partial charge in [-0.15, -0.1) is 0 Å². The van der Waals surface area contributed by atoms with Gasteiger partial charge in [0.2, 0.25) is 0 Å². The van der Waals surface area contributed by atoms with Gasteiger partial charge in [-0.25, -0.2) is 4.79 Å². The molecule has 0 aliphatic heterocycles. The third-order valence-electron chi connectivity index (χ3n) is 3.13. The van der Waals surface area contributed by atoms with Crippen molar-refractivity contribution in [3.63, 3.8) is 0 Å². The lowest BCUT2D eigenvalue weighted by Gasteiger charge is -2.07. The van der Waals surface area contributed by atoms with Crippen molar-refractivity contribution in [2.75, 3.05) is 13.2 Å². The molecular formula is C17H14BrNO3. The Morgan fingerprint density at radius 2 is 1.91 bits per heavy atom. The van der Waals surface area contributed by atoms with Crippen LogP contribution >= 0.6 is 15.9 Å². The zero-order chi connectivity index (χ0) is 15.4. The number of para-hydroxylation sites is 1. The van der Waals surface area contributed by atoms with Crippen LogP contribution in [0.3, 0.4) is 0 Å². The van der Waals surface area contributed by atoms with E-state index in [1.807, 2.05) is 48.5 Å². The van der Waals surface area contributed by atoms with E-state index in [4.69, 9.17) is 9.47 Å². The summed E-state index contributed by atoms with van der Waals surface area (Å²) in [5, 5.41) is 0.986. The number of esters is 1. The van der Waals surface area contributed by atoms with Gasteiger partial charge in [-0.05, 0) is 30.3 Å². The van der Waals surface area contributed by atoms with Crippen molar-refractivity contribution in [3.05, 3.63) is 64.8 Å². The molecule has 0 saturated carbocycles. The molecule has 5 heteroatoms. The average molecular weight is 360 g/mol. The van der Waals surface area contributed by atoms with Gasteiger partial charge in [0.1, 0.15) is 24.7 Å². The molecule has 0 unspecified atom stereocenters. The quantitative estimate of drug-likeness (QED) is 0.549. The number of hydrogen-bond donors (Lipinski definition) is 1. The monoisotopic (exact) mass is 359 g/mol. The molecule has 0 aliphatic carbocycles. The number of hydrogen-bond acceptors (Lipinski definition) is 3. The lowest BCUT2D eigenvalue weighted by atomic mass is 10.2. The number of carbonyl (C=O) groups is 1. The molecule has 1 N–H and O–H groups in total. The van der Waals surface area contributed by atoms with Crippen LogP contribution in [0.1, 0.15) is 10.5 Å². The summed E-state index contributed by atoms with van der Waals surface area (Å²) in [5.74, 6) is 0.352. The van der Waals surface area contributed by atoms with E-state index in [-0.39, 0.29) is 12.6 Å². The summed E-state index contributed by atoms with van der Waals surface area (Å²) in [7, 11) is 0. The van der Waals surface area contributed by atoms with Crippen LogP contribution in [0.25, 0.3) is 10.9 Å². The molecule has 1 heterocycles. The van der Waals surface area contributed by atoms with Crippen molar-refractivity contribution in [1.82, 2.24) is 4.98 Å². The number of fused-ring (bicyclic) bond motifs is 1. The number of halogens is 1. The summed E-state index contributed by atoms with van der Waals surface area (Å²) >= 11 is 3.37. The van der Waals surface area contributed by atoms with Crippen LogP contribution in [0.15, 0.2) is 59.1 Å². The van der Waals surface area contributed by atoms with Gasteiger partial charge in [-0.2, -0.15) is 0 Å². The largest absolute Gasteiger partial charge is 0.490 e. The molecule has 0 saturated heterocycles. The first-order chi connectivity index (χ1) is 10.7. The smallest absolute Gasteiger partial charge is 0.354 e. The van der Waals surface area contributed by atoms with Crippen molar-refractivity contribution in [1.29, 1.82) is 0 Å². The number of aromatic amines is 1. The van der Waals surface area contributed by atoms with Gasteiger partial charge in [0, 0.05) is 15.4 Å². The Hall–Kier alpha value is -2.27. The zero-order valence-electron chi connectivity index (χ0n) is 11.7. The SMILES string of the molecule is O=C(OCCOc1cccc(Br)c1)c1cc2ccccc2[nH]1. The fraction of sp³-hybridized carbons (Fsp3) is 0.118. The molecule has 0 atom stereocenters. The number of benzene rings is 2. The molecule has 0 bridgehead atoms. The Labute approximate surface area is 136 Å². The lowest BCUT2D eigenvalue weighted by Crippen LogP contribution is -2.12. The van der Waals surface area contributed by atoms with Crippen LogP contribution in [-0.4, -0.2) is 24.2 Å². The Morgan fingerprint density at radius 1 is 1.05 bits per heavy atom. The number of H-pyrrole nitrogens is 1. The van der Waals surface area contributed by atoms with Gasteiger partial charge >= 0.3 is 5.97 Å². The van der Waals surface area contributed by atoms with Crippen molar-refractivity contribution in [2.45, 2.75) is 0 Å². The molecule has 0 fully saturated rings. The maximum Gasteiger partial charge on any atom is 0.354 e. The predicted octanol–water partition coefficient (Wildman–Crippen LogP) is 4.17. The van der Waals surface area contributed by atoms with Crippen LogP contribution < -0.4 is 4.74 Å². The predicted molar refractivity (Wildman–Crippen MR) is 88.2 cm³/mol. The fourth-order valence-corrected chi connectivity index (χ4v) is 2.49. The first kappa shape index (κ1) is 14.7. The summed E-state index contributed by atoms with van der Waals surface area (Å²) < 4.78 is 11.7. The van der Waals surface area contributed by atoms with Crippen LogP contribution in [0, 0.1) is 0 Å². The van der Waals surface area contributed by atoms with E-state index < -0.39 is 0 Å². The minimum Gasteiger partial charge on any atom is -0.490 e. The van der Waals surface area contributed by atoms with Gasteiger partial charge in [-0.3, -0.25) is 0 Å². The summed E-state index contributed by atoms with van der Waals surface area (Å²) in [6.07, 6.45) is 0. The highest BCUT2D eigenvalue weighted by molar-refractivity contribution is 9.10. The van der Waals surface area contributed by atoms with E-state index in [1.165, 1.54) is 0 Å². The van der Waals surface area contributed by atoms with Crippen molar-refractivity contribution in [3.8, 4) is 5.75 Å². The molecule has 3 aromatic rings. The topological polar surface area (TPSA) is 51.3 Å². The van der Waals surface area contributed by atoms with Crippen molar-refractivity contribution >= 4 is 32.8 Å². The van der Waals surface area contributed by atoms with Crippen LogP contribution in [0.5, 0.6) is 5.75 Å². The number of rotatable bonds is 5. The zero-order valence-corrected chi connectivity index (χ0v) is 13.3. The summed E-state index contributed by atoms with van der Waals surface area (Å²) in [4.78, 5) is 15.0. The third kappa shape index (κ3) is 3.49. The van der Waals surface area contributed by atoms with Gasteiger partial charge in [0.15, 0.2) is 0 Å². The highest BCUT2D eigenvalue weighted by atomic mass is 79.9. The lowest BCUT2D eigenvalue weighted by molar-refractivity contribution is 0.0444. The second-order valence-corrected chi connectivity index (χ2v) is 5.63. The highest BCUT2D eigenvalue weighted by Crippen LogP contribution is 2.18. The van der Waals surface area contributed by atoms with Crippen molar-refractivity contribution in [2.24, 2.45) is 0 Å². The number of ether oxygens (including phenoxy) is 2. The number of nitrogens with one attached hydrogen (secondary N) is 1. The minimum atomic E-state index is -0.381. The fourth-order valence-electron chi connectivity index (χ4n) is 2.11. The highest BCUT2D eigenvalue weighted by Gasteiger charge is 2.10. The number of aromatic nitrogens is 1. The van der Waals surface area contributed by atoms with Gasteiger partial charge in [-0.1, -0.05) is 40.2 Å². The summed E-state index contributed by atoms with van der Waals surface area (Å²) in [6, 6.07) is 17.0. The van der Waals surface area contributed by atoms with E-state index in [2.05, 4.69) is 20.9 Å². The van der Waals surface area contributed by atoms with Gasteiger partial charge < -0.3 is 14.5 Å². The molecule has 1 aromatic heterocycles. The molecular weight excluding hydrogens is 346 g/mol. The molecule has 2 aromatic carbocycles. The Balaban J connectivity index is 1.52. The van der Waals surface area contributed by atoms with Crippen LogP contribution in [-0.2, 0) is 4.74 Å². The van der Waals surface area contributed by atoms with Crippen molar-refractivity contribution < 1.29 is 14.3 Å². The second kappa shape index (κ2) is 6.66. The standard InChI is InChI=1S/C17H14BrNO3/c18-13-5-3-6-14(11-13)21-8-9-22-17(20)16-10-12-4-1-2-7-15(12)19-16/h1-7,10-11,19H,8-9H2. The Morgan fingerprint density at radius 3 is 2.73 bits per heavy atom. The molecule has 0 aliphatic rings. The van der Waals surface area contributed by atoms with E-state index in [9.17, 15) is 4.79 Å². The van der Waals surface area contributed by atoms with E-state index in [0.717, 1.165) is 21.1 Å². The maximum atomic E-state index is 12.0. The summed E-state index contributed by atoms with van der Waals surface area (Å²) in [5.41, 5.74) is 1.36. The third-order valence-corrected chi connectivity index (χ3v) is 3.62. The van der Waals surface area contributed by atoms with Gasteiger partial charge in [0.05, 0.1) is 0 Å². The molecule has 22 heavy (non-hydrogen) atoms. The molecule has 4 nitrogen and oxygen atoms in total. The van der Waals surface area contributed by atoms with Gasteiger partial charge in [0.25, 0.3) is 0 Å².